The molecule has 1 unspecified atom stereocenters. The highest BCUT2D eigenvalue weighted by Gasteiger charge is 2.26. The third-order valence-corrected chi connectivity index (χ3v) is 3.90. The summed E-state index contributed by atoms with van der Waals surface area (Å²) in [4.78, 5) is 36.5. The molecule has 1 amide bonds. The zero-order valence-electron chi connectivity index (χ0n) is 13.7. The lowest BCUT2D eigenvalue weighted by Gasteiger charge is -2.29. The molecule has 1 fully saturated rings. The fourth-order valence-electron chi connectivity index (χ4n) is 2.71. The second-order valence-electron chi connectivity index (χ2n) is 5.76. The van der Waals surface area contributed by atoms with E-state index in [0.29, 0.717) is 30.8 Å². The largest absolute Gasteiger partial charge is 0.481 e. The van der Waals surface area contributed by atoms with Gasteiger partial charge in [0.25, 0.3) is 0 Å². The summed E-state index contributed by atoms with van der Waals surface area (Å²) >= 11 is 0. The summed E-state index contributed by atoms with van der Waals surface area (Å²) in [6.07, 6.45) is 1.43. The predicted molar refractivity (Wildman–Crippen MR) is 87.8 cm³/mol. The van der Waals surface area contributed by atoms with Crippen LogP contribution in [0.15, 0.2) is 24.3 Å². The van der Waals surface area contributed by atoms with E-state index in [9.17, 15) is 14.4 Å². The van der Waals surface area contributed by atoms with Crippen LogP contribution in [-0.2, 0) is 14.3 Å². The minimum Gasteiger partial charge on any atom is -0.481 e. The van der Waals surface area contributed by atoms with E-state index in [-0.39, 0.29) is 12.5 Å². The summed E-state index contributed by atoms with van der Waals surface area (Å²) in [5, 5.41) is 11.8. The number of hydrogen-bond acceptors (Lipinski definition) is 5. The number of carboxylic acids is 1. The number of esters is 1. The Hall–Kier alpha value is -2.41. The number of amides is 1. The van der Waals surface area contributed by atoms with E-state index in [1.54, 1.807) is 31.2 Å². The van der Waals surface area contributed by atoms with E-state index < -0.39 is 17.9 Å². The maximum absolute atomic E-state index is 12.1. The van der Waals surface area contributed by atoms with Crippen molar-refractivity contribution in [2.75, 3.05) is 31.6 Å². The zero-order valence-corrected chi connectivity index (χ0v) is 13.7. The van der Waals surface area contributed by atoms with Crippen molar-refractivity contribution in [2.24, 2.45) is 5.92 Å². The van der Waals surface area contributed by atoms with Crippen molar-refractivity contribution < 1.29 is 24.2 Å². The smallest absolute Gasteiger partial charge is 0.338 e. The number of carbonyl (C=O) groups is 3. The van der Waals surface area contributed by atoms with Crippen LogP contribution >= 0.6 is 0 Å². The van der Waals surface area contributed by atoms with Gasteiger partial charge < -0.3 is 15.2 Å². The van der Waals surface area contributed by atoms with Gasteiger partial charge in [0.2, 0.25) is 5.91 Å². The van der Waals surface area contributed by atoms with Crippen LogP contribution in [0.25, 0.3) is 0 Å². The summed E-state index contributed by atoms with van der Waals surface area (Å²) in [6, 6.07) is 6.46. The summed E-state index contributed by atoms with van der Waals surface area (Å²) in [5.41, 5.74) is 1.01. The number of carboxylic acid groups (broad SMARTS) is 1. The molecular weight excluding hydrogens is 312 g/mol. The molecule has 0 radical (unpaired) electrons. The number of likely N-dealkylation sites (tertiary alicyclic amines) is 1. The molecule has 1 aliphatic heterocycles. The highest BCUT2D eigenvalue weighted by Crippen LogP contribution is 2.17. The van der Waals surface area contributed by atoms with Gasteiger partial charge in [-0.15, -0.1) is 0 Å². The van der Waals surface area contributed by atoms with Gasteiger partial charge >= 0.3 is 11.9 Å². The van der Waals surface area contributed by atoms with E-state index in [1.807, 2.05) is 4.90 Å². The molecule has 1 heterocycles. The van der Waals surface area contributed by atoms with Crippen molar-refractivity contribution in [3.63, 3.8) is 0 Å². The molecule has 2 N–H and O–H groups in total. The molecule has 0 bridgehead atoms. The van der Waals surface area contributed by atoms with Crippen molar-refractivity contribution >= 4 is 23.5 Å². The Labute approximate surface area is 140 Å². The fourth-order valence-corrected chi connectivity index (χ4v) is 2.71. The summed E-state index contributed by atoms with van der Waals surface area (Å²) in [7, 11) is 0. The number of piperidine rings is 1. The van der Waals surface area contributed by atoms with Crippen LogP contribution < -0.4 is 5.32 Å². The predicted octanol–water partition coefficient (Wildman–Crippen LogP) is 1.60. The molecule has 0 aliphatic carbocycles. The van der Waals surface area contributed by atoms with Crippen LogP contribution in [0.5, 0.6) is 0 Å². The summed E-state index contributed by atoms with van der Waals surface area (Å²) in [6.45, 7) is 3.32. The average molecular weight is 334 g/mol. The Morgan fingerprint density at radius 3 is 2.62 bits per heavy atom. The first-order chi connectivity index (χ1) is 11.5. The number of nitrogens with zero attached hydrogens (tertiary/aromatic N) is 1. The lowest BCUT2D eigenvalue weighted by Crippen LogP contribution is -2.42. The van der Waals surface area contributed by atoms with Gasteiger partial charge in [-0.2, -0.15) is 0 Å². The van der Waals surface area contributed by atoms with Crippen LogP contribution in [-0.4, -0.2) is 54.1 Å². The maximum Gasteiger partial charge on any atom is 0.338 e. The first-order valence-electron chi connectivity index (χ1n) is 8.01. The van der Waals surface area contributed by atoms with Crippen molar-refractivity contribution in [3.8, 4) is 0 Å². The van der Waals surface area contributed by atoms with Gasteiger partial charge in [-0.3, -0.25) is 14.5 Å². The molecule has 7 nitrogen and oxygen atoms in total. The van der Waals surface area contributed by atoms with Crippen LogP contribution in [0.4, 0.5) is 5.69 Å². The Morgan fingerprint density at radius 2 is 2.00 bits per heavy atom. The van der Waals surface area contributed by atoms with Crippen LogP contribution in [0.3, 0.4) is 0 Å². The maximum atomic E-state index is 12.1. The molecule has 0 spiro atoms. The molecule has 2 rings (SSSR count). The van der Waals surface area contributed by atoms with Crippen molar-refractivity contribution in [3.05, 3.63) is 29.8 Å². The Balaban J connectivity index is 1.86. The molecule has 1 saturated heterocycles. The number of rotatable bonds is 6. The molecule has 24 heavy (non-hydrogen) atoms. The molecular formula is C17H22N2O5. The second-order valence-corrected chi connectivity index (χ2v) is 5.76. The molecule has 7 heteroatoms. The van der Waals surface area contributed by atoms with Crippen molar-refractivity contribution in [1.82, 2.24) is 4.90 Å². The number of ether oxygens (including phenoxy) is 1. The molecule has 1 aromatic rings. The van der Waals surface area contributed by atoms with Gasteiger partial charge in [0.05, 0.1) is 24.6 Å². The molecule has 1 atom stereocenters. The first-order valence-corrected chi connectivity index (χ1v) is 8.01. The Morgan fingerprint density at radius 1 is 1.29 bits per heavy atom. The van der Waals surface area contributed by atoms with E-state index in [1.165, 1.54) is 0 Å². The molecule has 0 aromatic heterocycles. The normalized spacial score (nSPS) is 18.0. The minimum absolute atomic E-state index is 0.156. The first kappa shape index (κ1) is 17.9. The Bertz CT molecular complexity index is 600. The standard InChI is InChI=1S/C17H22N2O5/c1-2-24-17(23)12-5-7-14(8-6-12)18-15(20)11-19-9-3-4-13(10-19)16(21)22/h5-8,13H,2-4,9-11H2,1H3,(H,18,20)(H,21,22). The summed E-state index contributed by atoms with van der Waals surface area (Å²) in [5.74, 6) is -1.82. The number of nitrogens with one attached hydrogen (secondary N) is 1. The van der Waals surface area contributed by atoms with E-state index in [4.69, 9.17) is 9.84 Å². The van der Waals surface area contributed by atoms with Gasteiger partial charge in [0.15, 0.2) is 0 Å². The topological polar surface area (TPSA) is 95.9 Å². The van der Waals surface area contributed by atoms with E-state index >= 15 is 0 Å². The van der Waals surface area contributed by atoms with Crippen molar-refractivity contribution in [2.45, 2.75) is 19.8 Å². The average Bonchev–Trinajstić information content (AvgIpc) is 2.55. The van der Waals surface area contributed by atoms with Crippen LogP contribution in [0, 0.1) is 5.92 Å². The number of anilines is 1. The molecule has 130 valence electrons. The monoisotopic (exact) mass is 334 g/mol. The number of hydrogen-bond donors (Lipinski definition) is 2. The lowest BCUT2D eigenvalue weighted by atomic mass is 9.98. The highest BCUT2D eigenvalue weighted by molar-refractivity contribution is 5.94. The number of aliphatic carboxylic acids is 1. The van der Waals surface area contributed by atoms with Gasteiger partial charge in [0, 0.05) is 12.2 Å². The molecule has 1 aromatic carbocycles. The van der Waals surface area contributed by atoms with E-state index in [2.05, 4.69) is 5.32 Å². The SMILES string of the molecule is CCOC(=O)c1ccc(NC(=O)CN2CCCC(C(=O)O)C2)cc1. The molecule has 1 aliphatic rings. The van der Waals surface area contributed by atoms with Gasteiger partial charge in [-0.1, -0.05) is 0 Å². The zero-order chi connectivity index (χ0) is 17.5. The second kappa shape index (κ2) is 8.44. The van der Waals surface area contributed by atoms with E-state index in [0.717, 1.165) is 13.0 Å². The lowest BCUT2D eigenvalue weighted by molar-refractivity contribution is -0.144. The van der Waals surface area contributed by atoms with Gasteiger partial charge in [-0.25, -0.2) is 4.79 Å². The fraction of sp³-hybridized carbons (Fsp3) is 0.471. The van der Waals surface area contributed by atoms with Gasteiger partial charge in [-0.05, 0) is 50.6 Å². The third kappa shape index (κ3) is 5.06. The van der Waals surface area contributed by atoms with Gasteiger partial charge in [0.1, 0.15) is 0 Å². The number of carbonyl (C=O) groups excluding carboxylic acids is 2. The number of benzene rings is 1. The van der Waals surface area contributed by atoms with Crippen LogP contribution in [0.2, 0.25) is 0 Å². The van der Waals surface area contributed by atoms with Crippen LogP contribution in [0.1, 0.15) is 30.1 Å². The summed E-state index contributed by atoms with van der Waals surface area (Å²) < 4.78 is 4.90. The third-order valence-electron chi connectivity index (χ3n) is 3.90. The Kier molecular flexibility index (Phi) is 6.31. The minimum atomic E-state index is -0.810. The molecule has 0 saturated carbocycles. The highest BCUT2D eigenvalue weighted by atomic mass is 16.5. The quantitative estimate of drug-likeness (QED) is 0.767. The van der Waals surface area contributed by atoms with Crippen molar-refractivity contribution in [1.29, 1.82) is 0 Å².